The van der Waals surface area contributed by atoms with E-state index in [0.717, 1.165) is 25.9 Å². The molecule has 39 heavy (non-hydrogen) atoms. The topological polar surface area (TPSA) is 184 Å². The molecule has 0 aromatic heterocycles. The number of hydrogen-bond donors (Lipinski definition) is 6. The quantitative estimate of drug-likeness (QED) is 0.0602. The first kappa shape index (κ1) is 36.1. The molecule has 4 amide bonds. The highest BCUT2D eigenvalue weighted by Gasteiger charge is 2.15. The minimum absolute atomic E-state index is 0.00792. The second kappa shape index (κ2) is 23.0. The molecule has 8 N–H and O–H groups in total. The molecule has 0 bridgehead atoms. The van der Waals surface area contributed by atoms with Gasteiger partial charge in [0.2, 0.25) is 23.6 Å². The molecule has 0 aromatic rings. The molecule has 0 atom stereocenters. The molecule has 12 heteroatoms. The number of nitrogens with two attached hydrogens (primary N) is 2. The van der Waals surface area contributed by atoms with Crippen molar-refractivity contribution in [2.24, 2.45) is 28.3 Å². The van der Waals surface area contributed by atoms with Crippen LogP contribution < -0.4 is 32.7 Å². The van der Waals surface area contributed by atoms with Gasteiger partial charge in [-0.15, -0.1) is 0 Å². The van der Waals surface area contributed by atoms with Crippen LogP contribution in [0.3, 0.4) is 0 Å². The van der Waals surface area contributed by atoms with Gasteiger partial charge in [0.15, 0.2) is 5.96 Å². The van der Waals surface area contributed by atoms with Gasteiger partial charge >= 0.3 is 0 Å². The van der Waals surface area contributed by atoms with E-state index in [1.165, 1.54) is 0 Å². The van der Waals surface area contributed by atoms with Gasteiger partial charge in [-0.2, -0.15) is 0 Å². The summed E-state index contributed by atoms with van der Waals surface area (Å²) in [5, 5.41) is 11.9. The summed E-state index contributed by atoms with van der Waals surface area (Å²) in [6, 6.07) is 0. The van der Waals surface area contributed by atoms with E-state index in [0.29, 0.717) is 76.8 Å². The molecule has 0 radical (unpaired) electrons. The van der Waals surface area contributed by atoms with Crippen LogP contribution in [0.1, 0.15) is 79.1 Å². The molecule has 0 spiro atoms. The minimum Gasteiger partial charge on any atom is -0.370 e. The number of guanidine groups is 1. The first-order valence-corrected chi connectivity index (χ1v) is 14.3. The van der Waals surface area contributed by atoms with Crippen LogP contribution >= 0.6 is 0 Å². The number of hydrogen-bond acceptors (Lipinski definition) is 6. The maximum absolute atomic E-state index is 12.9. The molecular weight excluding hydrogens is 500 g/mol. The maximum Gasteiger partial charge on any atom is 0.223 e. The van der Waals surface area contributed by atoms with Crippen LogP contribution in [-0.2, 0) is 19.2 Å². The predicted octanol–water partition coefficient (Wildman–Crippen LogP) is 0.459. The second-order valence-corrected chi connectivity index (χ2v) is 10.6. The molecule has 0 unspecified atom stereocenters. The van der Waals surface area contributed by atoms with Gasteiger partial charge in [0.05, 0.1) is 0 Å². The number of aliphatic imine (C=N–C) groups is 1. The lowest BCUT2D eigenvalue weighted by molar-refractivity contribution is -0.133. The number of nitrogens with zero attached hydrogens (tertiary/aromatic N) is 2. The fourth-order valence-electron chi connectivity index (χ4n) is 3.69. The van der Waals surface area contributed by atoms with Crippen LogP contribution in [0.15, 0.2) is 4.99 Å². The summed E-state index contributed by atoms with van der Waals surface area (Å²) in [5.41, 5.74) is 10.6. The largest absolute Gasteiger partial charge is 0.370 e. The lowest BCUT2D eigenvalue weighted by Crippen LogP contribution is -2.37. The van der Waals surface area contributed by atoms with Crippen molar-refractivity contribution in [2.45, 2.75) is 79.1 Å². The van der Waals surface area contributed by atoms with Crippen LogP contribution in [0.5, 0.6) is 0 Å². The van der Waals surface area contributed by atoms with E-state index < -0.39 is 0 Å². The Labute approximate surface area is 234 Å². The lowest BCUT2D eigenvalue weighted by Gasteiger charge is -2.23. The lowest BCUT2D eigenvalue weighted by atomic mass is 10.1. The molecule has 0 aliphatic rings. The Morgan fingerprint density at radius 1 is 0.667 bits per heavy atom. The van der Waals surface area contributed by atoms with Crippen molar-refractivity contribution in [3.63, 3.8) is 0 Å². The van der Waals surface area contributed by atoms with Gasteiger partial charge < -0.3 is 37.6 Å². The van der Waals surface area contributed by atoms with Crippen LogP contribution in [-0.4, -0.2) is 86.8 Å². The van der Waals surface area contributed by atoms with E-state index in [4.69, 9.17) is 11.5 Å². The van der Waals surface area contributed by atoms with E-state index in [-0.39, 0.29) is 42.4 Å². The van der Waals surface area contributed by atoms with Gasteiger partial charge in [-0.05, 0) is 50.6 Å². The zero-order valence-electron chi connectivity index (χ0n) is 24.7. The Morgan fingerprint density at radius 3 is 1.67 bits per heavy atom. The summed E-state index contributed by atoms with van der Waals surface area (Å²) < 4.78 is 0. The third-order valence-corrected chi connectivity index (χ3v) is 5.62. The summed E-state index contributed by atoms with van der Waals surface area (Å²) >= 11 is 0. The molecule has 0 fully saturated rings. The number of amides is 4. The Hall–Kier alpha value is -2.89. The molecular formula is C27H54N8O4. The van der Waals surface area contributed by atoms with Crippen molar-refractivity contribution in [3.8, 4) is 0 Å². The average molecular weight is 555 g/mol. The molecule has 0 saturated carbocycles. The normalized spacial score (nSPS) is 10.8. The Morgan fingerprint density at radius 2 is 1.15 bits per heavy atom. The maximum atomic E-state index is 12.9. The van der Waals surface area contributed by atoms with Crippen LogP contribution in [0.25, 0.3) is 0 Å². The molecule has 0 aromatic carbocycles. The first-order chi connectivity index (χ1) is 18.5. The summed E-state index contributed by atoms with van der Waals surface area (Å²) in [6.45, 7) is 12.6. The summed E-state index contributed by atoms with van der Waals surface area (Å²) in [6.07, 6.45) is 4.05. The highest BCUT2D eigenvalue weighted by molar-refractivity contribution is 5.83. The van der Waals surface area contributed by atoms with E-state index in [2.05, 4.69) is 26.3 Å². The number of nitrogens with one attached hydrogen (secondary N) is 4. The van der Waals surface area contributed by atoms with Gasteiger partial charge in [-0.1, -0.05) is 27.7 Å². The molecule has 12 nitrogen and oxygen atoms in total. The average Bonchev–Trinajstić information content (AvgIpc) is 2.84. The van der Waals surface area contributed by atoms with Crippen LogP contribution in [0, 0.1) is 11.8 Å². The summed E-state index contributed by atoms with van der Waals surface area (Å²) in [4.78, 5) is 54.5. The SMILES string of the molecule is CC(C)CC(=O)NCCCN(CCCNC(=O)CC(C)C)C(=O)CCC(=O)NCCCNCCCN=C(N)N. The van der Waals surface area contributed by atoms with Gasteiger partial charge in [0.1, 0.15) is 0 Å². The highest BCUT2D eigenvalue weighted by Crippen LogP contribution is 2.03. The predicted molar refractivity (Wildman–Crippen MR) is 156 cm³/mol. The monoisotopic (exact) mass is 554 g/mol. The van der Waals surface area contributed by atoms with Gasteiger partial charge in [-0.25, -0.2) is 0 Å². The third-order valence-electron chi connectivity index (χ3n) is 5.62. The summed E-state index contributed by atoms with van der Waals surface area (Å²) in [5.74, 6) is 0.432. The van der Waals surface area contributed by atoms with Gasteiger partial charge in [-0.3, -0.25) is 24.2 Å². The smallest absolute Gasteiger partial charge is 0.223 e. The molecule has 226 valence electrons. The fraction of sp³-hybridized carbons (Fsp3) is 0.815. The highest BCUT2D eigenvalue weighted by atomic mass is 16.2. The first-order valence-electron chi connectivity index (χ1n) is 14.3. The van der Waals surface area contributed by atoms with E-state index in [1.54, 1.807) is 4.90 Å². The van der Waals surface area contributed by atoms with Crippen LogP contribution in [0.2, 0.25) is 0 Å². The number of carbonyl (C=O) groups excluding carboxylic acids is 4. The Kier molecular flexibility index (Phi) is 21.3. The number of rotatable bonds is 23. The van der Waals surface area contributed by atoms with Crippen molar-refractivity contribution < 1.29 is 19.2 Å². The Balaban J connectivity index is 4.38. The molecule has 0 heterocycles. The molecule has 0 aliphatic carbocycles. The van der Waals surface area contributed by atoms with E-state index in [9.17, 15) is 19.2 Å². The van der Waals surface area contributed by atoms with Gasteiger partial charge in [0.25, 0.3) is 0 Å². The zero-order chi connectivity index (χ0) is 29.5. The number of carbonyl (C=O) groups is 4. The molecule has 0 aliphatic heterocycles. The van der Waals surface area contributed by atoms with Gasteiger partial charge in [0, 0.05) is 65.0 Å². The van der Waals surface area contributed by atoms with Crippen molar-refractivity contribution in [3.05, 3.63) is 0 Å². The minimum atomic E-state index is -0.155. The Bertz CT molecular complexity index is 709. The molecule has 0 saturated heterocycles. The van der Waals surface area contributed by atoms with E-state index >= 15 is 0 Å². The van der Waals surface area contributed by atoms with Crippen molar-refractivity contribution in [1.29, 1.82) is 0 Å². The fourth-order valence-corrected chi connectivity index (χ4v) is 3.69. The zero-order valence-corrected chi connectivity index (χ0v) is 24.7. The van der Waals surface area contributed by atoms with Crippen molar-refractivity contribution in [1.82, 2.24) is 26.2 Å². The second-order valence-electron chi connectivity index (χ2n) is 10.6. The van der Waals surface area contributed by atoms with Crippen LogP contribution in [0.4, 0.5) is 0 Å². The van der Waals surface area contributed by atoms with Crippen molar-refractivity contribution >= 4 is 29.6 Å². The summed E-state index contributed by atoms with van der Waals surface area (Å²) in [7, 11) is 0. The third kappa shape index (κ3) is 23.9. The standard InChI is InChI=1S/C27H54N8O4/c1-21(2)19-24(37)32-15-7-17-35(18-8-16-33-25(38)20-22(3)4)26(39)10-9-23(36)31-13-5-11-30-12-6-14-34-27(28)29/h21-22,30H,5-20H2,1-4H3,(H,31,36)(H,32,37)(H,33,38)(H4,28,29,34). The molecule has 0 rings (SSSR count). The van der Waals surface area contributed by atoms with Crippen molar-refractivity contribution in [2.75, 3.05) is 52.4 Å². The van der Waals surface area contributed by atoms with E-state index in [1.807, 2.05) is 27.7 Å².